The SMILES string of the molecule is CCC[CH2][Sn]([CH2]CCC)([CH2]CCC)/[C](=C\B(OCC)OCC)c1ccccn1. The van der Waals surface area contributed by atoms with E-state index in [0.717, 1.165) is 0 Å². The number of hydrogen-bond acceptors (Lipinski definition) is 3. The van der Waals surface area contributed by atoms with Crippen molar-refractivity contribution in [1.82, 2.24) is 4.98 Å². The molecule has 0 aliphatic rings. The van der Waals surface area contributed by atoms with Crippen molar-refractivity contribution in [2.24, 2.45) is 0 Å². The molecule has 1 aromatic rings. The number of unbranched alkanes of at least 4 members (excludes halogenated alkanes) is 3. The Morgan fingerprint density at radius 1 is 0.893 bits per heavy atom. The fourth-order valence-electron chi connectivity index (χ4n) is 3.99. The minimum absolute atomic E-state index is 0.257. The minimum atomic E-state index is -2.66. The van der Waals surface area contributed by atoms with E-state index in [9.17, 15) is 0 Å². The van der Waals surface area contributed by atoms with Gasteiger partial charge in [0.15, 0.2) is 0 Å². The van der Waals surface area contributed by atoms with Crippen LogP contribution in [0.3, 0.4) is 0 Å². The third-order valence-electron chi connectivity index (χ3n) is 5.50. The molecule has 1 aromatic heterocycles. The molecule has 0 bridgehead atoms. The van der Waals surface area contributed by atoms with Gasteiger partial charge in [0.2, 0.25) is 0 Å². The Kier molecular flexibility index (Phi) is 14.2. The summed E-state index contributed by atoms with van der Waals surface area (Å²) in [6.07, 6.45) is 9.76. The average Bonchev–Trinajstić information content (AvgIpc) is 2.73. The predicted molar refractivity (Wildman–Crippen MR) is 126 cm³/mol. The average molecular weight is 494 g/mol. The maximum absolute atomic E-state index is 5.95. The van der Waals surface area contributed by atoms with Crippen LogP contribution in [-0.4, -0.2) is 43.7 Å². The molecule has 0 unspecified atom stereocenters. The van der Waals surface area contributed by atoms with Crippen LogP contribution in [0.2, 0.25) is 13.3 Å². The van der Waals surface area contributed by atoms with E-state index in [-0.39, 0.29) is 7.12 Å². The molecule has 0 aromatic carbocycles. The first-order chi connectivity index (χ1) is 13.7. The molecular weight excluding hydrogens is 452 g/mol. The van der Waals surface area contributed by atoms with E-state index >= 15 is 0 Å². The second kappa shape index (κ2) is 15.5. The summed E-state index contributed by atoms with van der Waals surface area (Å²) in [5.41, 5.74) is 1.17. The van der Waals surface area contributed by atoms with Crippen LogP contribution in [0.15, 0.2) is 30.4 Å². The maximum atomic E-state index is 5.95. The van der Waals surface area contributed by atoms with Gasteiger partial charge in [-0.2, -0.15) is 0 Å². The Morgan fingerprint density at radius 3 is 1.82 bits per heavy atom. The molecule has 1 heterocycles. The van der Waals surface area contributed by atoms with E-state index in [2.05, 4.69) is 38.9 Å². The second-order valence-corrected chi connectivity index (χ2v) is 20.8. The standard InChI is InChI=1S/C11H15BNO2.3C4H9.Sn/c1-3-14-12(15-4-2)9-8-11-7-5-6-10-13-11;3*1-3-4-2;/h5-7,9-10H,3-4H2,1-2H3;3*1,3-4H2,2H3;. The topological polar surface area (TPSA) is 31.4 Å². The van der Waals surface area contributed by atoms with Gasteiger partial charge in [0, 0.05) is 0 Å². The zero-order valence-electron chi connectivity index (χ0n) is 19.0. The fourth-order valence-corrected chi connectivity index (χ4v) is 20.6. The molecule has 0 radical (unpaired) electrons. The molecule has 0 fully saturated rings. The van der Waals surface area contributed by atoms with Gasteiger partial charge in [0.25, 0.3) is 0 Å². The van der Waals surface area contributed by atoms with E-state index in [1.165, 1.54) is 61.1 Å². The van der Waals surface area contributed by atoms with E-state index in [1.807, 2.05) is 26.1 Å². The van der Waals surface area contributed by atoms with Crippen molar-refractivity contribution in [2.45, 2.75) is 86.5 Å². The van der Waals surface area contributed by atoms with Gasteiger partial charge in [-0.25, -0.2) is 0 Å². The van der Waals surface area contributed by atoms with Crippen molar-refractivity contribution in [3.05, 3.63) is 36.1 Å². The summed E-state index contributed by atoms with van der Waals surface area (Å²) >= 11 is -2.66. The molecule has 0 amide bonds. The van der Waals surface area contributed by atoms with Crippen LogP contribution in [-0.2, 0) is 9.31 Å². The Labute approximate surface area is 178 Å². The van der Waals surface area contributed by atoms with Gasteiger partial charge in [0.05, 0.1) is 0 Å². The summed E-state index contributed by atoms with van der Waals surface area (Å²) in [4.78, 5) is 4.82. The Balaban J connectivity index is 3.48. The Morgan fingerprint density at radius 2 is 1.43 bits per heavy atom. The van der Waals surface area contributed by atoms with Crippen LogP contribution in [0, 0.1) is 0 Å². The van der Waals surface area contributed by atoms with Crippen molar-refractivity contribution >= 4 is 29.1 Å². The third-order valence-corrected chi connectivity index (χ3v) is 21.2. The molecule has 0 aliphatic heterocycles. The van der Waals surface area contributed by atoms with Crippen molar-refractivity contribution in [1.29, 1.82) is 0 Å². The van der Waals surface area contributed by atoms with Gasteiger partial charge in [-0.1, -0.05) is 0 Å². The molecule has 0 saturated carbocycles. The van der Waals surface area contributed by atoms with Gasteiger partial charge in [-0.05, 0) is 0 Å². The quantitative estimate of drug-likeness (QED) is 0.233. The fraction of sp³-hybridized carbons (Fsp3) is 0.696. The first-order valence-electron chi connectivity index (χ1n) is 11.5. The zero-order valence-corrected chi connectivity index (χ0v) is 21.9. The van der Waals surface area contributed by atoms with E-state index < -0.39 is 18.4 Å². The normalized spacial score (nSPS) is 12.4. The summed E-state index contributed by atoms with van der Waals surface area (Å²) in [6, 6.07) is 6.35. The number of nitrogens with zero attached hydrogens (tertiary/aromatic N) is 1. The van der Waals surface area contributed by atoms with Gasteiger partial charge in [-0.15, -0.1) is 0 Å². The number of rotatable bonds is 16. The van der Waals surface area contributed by atoms with E-state index in [0.29, 0.717) is 13.2 Å². The Bertz CT molecular complexity index is 511. The molecule has 28 heavy (non-hydrogen) atoms. The summed E-state index contributed by atoms with van der Waals surface area (Å²) < 4.78 is 17.7. The van der Waals surface area contributed by atoms with Crippen LogP contribution in [0.5, 0.6) is 0 Å². The van der Waals surface area contributed by atoms with Crippen LogP contribution in [0.4, 0.5) is 0 Å². The van der Waals surface area contributed by atoms with Gasteiger partial charge in [-0.3, -0.25) is 0 Å². The number of hydrogen-bond donors (Lipinski definition) is 0. The van der Waals surface area contributed by atoms with Crippen molar-refractivity contribution < 1.29 is 9.31 Å². The van der Waals surface area contributed by atoms with Gasteiger partial charge >= 0.3 is 179 Å². The van der Waals surface area contributed by atoms with Gasteiger partial charge < -0.3 is 0 Å². The molecule has 158 valence electrons. The molecule has 0 aliphatic carbocycles. The first-order valence-corrected chi connectivity index (χ1v) is 19.0. The summed E-state index contributed by atoms with van der Waals surface area (Å²) in [6.45, 7) is 12.4. The molecule has 5 heteroatoms. The van der Waals surface area contributed by atoms with Crippen molar-refractivity contribution in [2.75, 3.05) is 13.2 Å². The predicted octanol–water partition coefficient (Wildman–Crippen LogP) is 6.95. The van der Waals surface area contributed by atoms with E-state index in [1.54, 1.807) is 0 Å². The zero-order chi connectivity index (χ0) is 20.7. The summed E-state index contributed by atoms with van der Waals surface area (Å²) in [7, 11) is -0.257. The van der Waals surface area contributed by atoms with Crippen LogP contribution in [0.1, 0.15) is 78.8 Å². The van der Waals surface area contributed by atoms with Crippen LogP contribution >= 0.6 is 0 Å². The molecule has 0 atom stereocenters. The molecule has 1 rings (SSSR count). The van der Waals surface area contributed by atoms with E-state index in [4.69, 9.17) is 14.3 Å². The first kappa shape index (κ1) is 25.7. The molecule has 0 N–H and O–H groups in total. The Hall–Kier alpha value is -0.326. The van der Waals surface area contributed by atoms with Gasteiger partial charge in [0.1, 0.15) is 0 Å². The summed E-state index contributed by atoms with van der Waals surface area (Å²) in [5.74, 6) is 2.33. The monoisotopic (exact) mass is 495 g/mol. The molecule has 3 nitrogen and oxygen atoms in total. The van der Waals surface area contributed by atoms with Crippen LogP contribution in [0.25, 0.3) is 3.59 Å². The van der Waals surface area contributed by atoms with Crippen LogP contribution < -0.4 is 0 Å². The molecular formula is C23H42BNO2Sn. The van der Waals surface area contributed by atoms with Crippen molar-refractivity contribution in [3.8, 4) is 0 Å². The number of pyridine rings is 1. The summed E-state index contributed by atoms with van der Waals surface area (Å²) in [5, 5.41) is 0. The second-order valence-electron chi connectivity index (χ2n) is 7.67. The molecule has 0 saturated heterocycles. The molecule has 0 spiro atoms. The third kappa shape index (κ3) is 8.58. The number of aromatic nitrogens is 1. The van der Waals surface area contributed by atoms with Crippen molar-refractivity contribution in [3.63, 3.8) is 0 Å².